The molecule has 0 spiro atoms. The Hall–Kier alpha value is -2.44. The van der Waals surface area contributed by atoms with Gasteiger partial charge < -0.3 is 10.1 Å². The van der Waals surface area contributed by atoms with Gasteiger partial charge in [0.2, 0.25) is 0 Å². The Bertz CT molecular complexity index is 833. The van der Waals surface area contributed by atoms with E-state index in [4.69, 9.17) is 0 Å². The molecule has 0 aliphatic carbocycles. The molecule has 3 rings (SSSR count). The fourth-order valence-electron chi connectivity index (χ4n) is 3.13. The summed E-state index contributed by atoms with van der Waals surface area (Å²) in [4.78, 5) is 14.7. The van der Waals surface area contributed by atoms with E-state index in [1.165, 1.54) is 25.1 Å². The maximum absolute atomic E-state index is 14.6. The number of benzene rings is 1. The van der Waals surface area contributed by atoms with E-state index in [2.05, 4.69) is 10.3 Å². The first kappa shape index (κ1) is 18.4. The number of rotatable bonds is 4. The number of Topliss-reactive ketones (excluding diaryl/α,β-unsaturated/α-hetero) is 1. The normalized spacial score (nSPS) is 16.7. The number of carbonyl (C=O) groups excluding carboxylic acids is 1. The van der Waals surface area contributed by atoms with E-state index < -0.39 is 17.7 Å². The van der Waals surface area contributed by atoms with Gasteiger partial charge in [0.25, 0.3) is 0 Å². The van der Waals surface area contributed by atoms with Crippen LogP contribution in [0.15, 0.2) is 30.3 Å². The molecule has 138 valence electrons. The van der Waals surface area contributed by atoms with E-state index in [1.807, 2.05) is 0 Å². The van der Waals surface area contributed by atoms with Crippen LogP contribution in [-0.2, 0) is 17.4 Å². The number of hydrogen-bond acceptors (Lipinski definition) is 3. The minimum atomic E-state index is -4.55. The molecule has 26 heavy (non-hydrogen) atoms. The summed E-state index contributed by atoms with van der Waals surface area (Å²) in [5, 5.41) is 3.13. The van der Waals surface area contributed by atoms with Gasteiger partial charge in [-0.2, -0.15) is 13.2 Å². The molecule has 0 radical (unpaired) electrons. The Balaban J connectivity index is 1.88. The van der Waals surface area contributed by atoms with Crippen LogP contribution in [0, 0.1) is 11.7 Å². The van der Waals surface area contributed by atoms with Crippen LogP contribution in [0.1, 0.15) is 31.0 Å². The summed E-state index contributed by atoms with van der Waals surface area (Å²) >= 11 is 0. The van der Waals surface area contributed by atoms with Crippen LogP contribution in [0.2, 0.25) is 0 Å². The fraction of sp³-hybridized carbons (Fsp3) is 0.368. The molecule has 2 heterocycles. The van der Waals surface area contributed by atoms with Crippen LogP contribution in [0.25, 0.3) is 11.3 Å². The van der Waals surface area contributed by atoms with Crippen LogP contribution in [0.5, 0.6) is 0 Å². The molecule has 7 heteroatoms. The predicted molar refractivity (Wildman–Crippen MR) is 90.2 cm³/mol. The topological polar surface area (TPSA) is 42.0 Å². The van der Waals surface area contributed by atoms with Crippen LogP contribution < -0.4 is 5.32 Å². The lowest BCUT2D eigenvalue weighted by molar-refractivity contribution is -0.141. The van der Waals surface area contributed by atoms with Gasteiger partial charge in [-0.1, -0.05) is 6.07 Å². The zero-order valence-electron chi connectivity index (χ0n) is 14.2. The monoisotopic (exact) mass is 366 g/mol. The number of fused-ring (bicyclic) bond motifs is 1. The van der Waals surface area contributed by atoms with Crippen molar-refractivity contribution in [3.63, 3.8) is 0 Å². The number of carbonyl (C=O) groups is 1. The highest BCUT2D eigenvalue weighted by molar-refractivity contribution is 5.75. The Labute approximate surface area is 148 Å². The Kier molecular flexibility index (Phi) is 4.98. The number of hydrogen-bond donors (Lipinski definition) is 1. The molecule has 2 aromatic rings. The molecule has 1 aliphatic rings. The van der Waals surface area contributed by atoms with Crippen molar-refractivity contribution in [1.29, 1.82) is 0 Å². The molecule has 0 saturated heterocycles. The van der Waals surface area contributed by atoms with E-state index >= 15 is 0 Å². The zero-order chi connectivity index (χ0) is 18.9. The fourth-order valence-corrected chi connectivity index (χ4v) is 3.13. The number of nitrogens with zero attached hydrogens (tertiary/aromatic N) is 1. The van der Waals surface area contributed by atoms with Gasteiger partial charge in [0, 0.05) is 29.8 Å². The maximum atomic E-state index is 14.6. The summed E-state index contributed by atoms with van der Waals surface area (Å²) in [6.07, 6.45) is -2.92. The number of aromatic nitrogens is 1. The molecule has 0 fully saturated rings. The summed E-state index contributed by atoms with van der Waals surface area (Å²) in [5.74, 6) is -0.225. The molecule has 1 aromatic heterocycles. The second-order valence-electron chi connectivity index (χ2n) is 6.58. The van der Waals surface area contributed by atoms with Crippen molar-refractivity contribution >= 4 is 11.5 Å². The lowest BCUT2D eigenvalue weighted by Gasteiger charge is -2.27. The predicted octanol–water partition coefficient (Wildman–Crippen LogP) is 4.86. The summed E-state index contributed by atoms with van der Waals surface area (Å²) in [5.41, 5.74) is 0.424. The summed E-state index contributed by atoms with van der Waals surface area (Å²) in [7, 11) is 0. The van der Waals surface area contributed by atoms with Gasteiger partial charge in [-0.15, -0.1) is 0 Å². The van der Waals surface area contributed by atoms with Crippen molar-refractivity contribution < 1.29 is 22.4 Å². The largest absolute Gasteiger partial charge is 0.433 e. The standard InChI is InChI=1S/C19H18F4N2O/c1-11(26)5-6-12-7-14-15(20)8-13(9-17(14)24-10-12)16-3-2-4-18(25-16)19(21,22)23/h2-4,8-9,12,24H,5-7,10H2,1H3/t12-/m1/s1. The Morgan fingerprint density at radius 3 is 2.77 bits per heavy atom. The minimum Gasteiger partial charge on any atom is -0.384 e. The van der Waals surface area contributed by atoms with E-state index in [0.29, 0.717) is 42.6 Å². The molecule has 1 atom stereocenters. The first-order chi connectivity index (χ1) is 12.2. The number of halogens is 4. The van der Waals surface area contributed by atoms with Crippen molar-refractivity contribution in [2.75, 3.05) is 11.9 Å². The third-order valence-electron chi connectivity index (χ3n) is 4.51. The molecular weight excluding hydrogens is 348 g/mol. The summed E-state index contributed by atoms with van der Waals surface area (Å²) in [6, 6.07) is 6.41. The van der Waals surface area contributed by atoms with E-state index in [-0.39, 0.29) is 17.4 Å². The molecule has 1 N–H and O–H groups in total. The number of alkyl halides is 3. The molecule has 0 amide bonds. The van der Waals surface area contributed by atoms with Crippen LogP contribution in [-0.4, -0.2) is 17.3 Å². The highest BCUT2D eigenvalue weighted by Crippen LogP contribution is 2.34. The quantitative estimate of drug-likeness (QED) is 0.786. The number of nitrogens with one attached hydrogen (secondary N) is 1. The smallest absolute Gasteiger partial charge is 0.384 e. The van der Waals surface area contributed by atoms with Gasteiger partial charge in [0.1, 0.15) is 17.3 Å². The van der Waals surface area contributed by atoms with Crippen molar-refractivity contribution in [2.45, 2.75) is 32.4 Å². The van der Waals surface area contributed by atoms with Crippen molar-refractivity contribution in [3.8, 4) is 11.3 Å². The van der Waals surface area contributed by atoms with Gasteiger partial charge in [-0.05, 0) is 49.9 Å². The molecule has 1 aliphatic heterocycles. The summed E-state index contributed by atoms with van der Waals surface area (Å²) < 4.78 is 53.1. The average Bonchev–Trinajstić information content (AvgIpc) is 2.59. The highest BCUT2D eigenvalue weighted by atomic mass is 19.4. The second kappa shape index (κ2) is 7.05. The van der Waals surface area contributed by atoms with Crippen LogP contribution in [0.3, 0.4) is 0 Å². The third kappa shape index (κ3) is 4.03. The first-order valence-electron chi connectivity index (χ1n) is 8.34. The lowest BCUT2D eigenvalue weighted by atomic mass is 9.88. The van der Waals surface area contributed by atoms with Crippen LogP contribution >= 0.6 is 0 Å². The molecular formula is C19H18F4N2O. The average molecular weight is 366 g/mol. The van der Waals surface area contributed by atoms with E-state index in [1.54, 1.807) is 6.07 Å². The zero-order valence-corrected chi connectivity index (χ0v) is 14.2. The van der Waals surface area contributed by atoms with Gasteiger partial charge >= 0.3 is 6.18 Å². The Morgan fingerprint density at radius 2 is 2.08 bits per heavy atom. The number of anilines is 1. The maximum Gasteiger partial charge on any atom is 0.433 e. The second-order valence-corrected chi connectivity index (χ2v) is 6.58. The number of ketones is 1. The van der Waals surface area contributed by atoms with Crippen molar-refractivity contribution in [1.82, 2.24) is 4.98 Å². The SMILES string of the molecule is CC(=O)CC[C@H]1CNc2cc(-c3cccc(C(F)(F)F)n3)cc(F)c2C1. The number of pyridine rings is 1. The van der Waals surface area contributed by atoms with E-state index in [0.717, 1.165) is 6.07 Å². The minimum absolute atomic E-state index is 0.0713. The van der Waals surface area contributed by atoms with E-state index in [9.17, 15) is 22.4 Å². The molecule has 0 bridgehead atoms. The third-order valence-corrected chi connectivity index (χ3v) is 4.51. The van der Waals surface area contributed by atoms with Crippen LogP contribution in [0.4, 0.5) is 23.2 Å². The van der Waals surface area contributed by atoms with Gasteiger partial charge in [0.05, 0.1) is 5.69 Å². The Morgan fingerprint density at radius 1 is 1.31 bits per heavy atom. The summed E-state index contributed by atoms with van der Waals surface area (Å²) in [6.45, 7) is 2.12. The van der Waals surface area contributed by atoms with Gasteiger partial charge in [-0.25, -0.2) is 9.37 Å². The van der Waals surface area contributed by atoms with Gasteiger partial charge in [-0.3, -0.25) is 0 Å². The van der Waals surface area contributed by atoms with Crippen molar-refractivity contribution in [3.05, 3.63) is 47.4 Å². The molecule has 0 unspecified atom stereocenters. The van der Waals surface area contributed by atoms with Gasteiger partial charge in [0.15, 0.2) is 0 Å². The lowest BCUT2D eigenvalue weighted by Crippen LogP contribution is -2.24. The van der Waals surface area contributed by atoms with Crippen molar-refractivity contribution in [2.24, 2.45) is 5.92 Å². The highest BCUT2D eigenvalue weighted by Gasteiger charge is 2.32. The molecule has 1 aromatic carbocycles. The first-order valence-corrected chi connectivity index (χ1v) is 8.34. The molecule has 0 saturated carbocycles. The molecule has 3 nitrogen and oxygen atoms in total.